The molecule has 0 aliphatic heterocycles. The third-order valence-electron chi connectivity index (χ3n) is 4.85. The zero-order valence-corrected chi connectivity index (χ0v) is 13.8. The first-order valence-corrected chi connectivity index (χ1v) is 8.69. The quantitative estimate of drug-likeness (QED) is 0.808. The Kier molecular flexibility index (Phi) is 6.63. The van der Waals surface area contributed by atoms with E-state index in [-0.39, 0.29) is 17.7 Å². The van der Waals surface area contributed by atoms with Crippen molar-refractivity contribution >= 4 is 11.9 Å². The molecule has 126 valence electrons. The summed E-state index contributed by atoms with van der Waals surface area (Å²) in [5, 5.41) is 12.3. The highest BCUT2D eigenvalue weighted by molar-refractivity contribution is 5.84. The molecule has 1 saturated carbocycles. The first-order chi connectivity index (χ1) is 11.1. The summed E-state index contributed by atoms with van der Waals surface area (Å²) in [6, 6.07) is 10.2. The molecule has 1 amide bonds. The lowest BCUT2D eigenvalue weighted by molar-refractivity contribution is -0.148. The van der Waals surface area contributed by atoms with Gasteiger partial charge in [0, 0.05) is 12.5 Å². The maximum Gasteiger partial charge on any atom is 0.307 e. The fourth-order valence-corrected chi connectivity index (χ4v) is 3.56. The lowest BCUT2D eigenvalue weighted by atomic mass is 9.78. The summed E-state index contributed by atoms with van der Waals surface area (Å²) in [7, 11) is 0. The molecule has 0 unspecified atom stereocenters. The molecule has 0 radical (unpaired) electrons. The third-order valence-corrected chi connectivity index (χ3v) is 4.85. The van der Waals surface area contributed by atoms with Crippen molar-refractivity contribution in [3.63, 3.8) is 0 Å². The van der Waals surface area contributed by atoms with Crippen molar-refractivity contribution in [2.24, 2.45) is 11.8 Å². The molecule has 1 fully saturated rings. The summed E-state index contributed by atoms with van der Waals surface area (Å²) in [5.41, 5.74) is 1.23. The average molecular weight is 317 g/mol. The molecule has 2 N–H and O–H groups in total. The Balaban J connectivity index is 1.96. The molecule has 2 rings (SSSR count). The number of carbonyl (C=O) groups is 2. The molecule has 1 aliphatic carbocycles. The van der Waals surface area contributed by atoms with Crippen molar-refractivity contribution in [2.45, 2.75) is 51.4 Å². The van der Waals surface area contributed by atoms with E-state index in [0.717, 1.165) is 25.7 Å². The minimum atomic E-state index is -0.835. The minimum Gasteiger partial charge on any atom is -0.481 e. The molecule has 0 saturated heterocycles. The number of benzene rings is 1. The number of rotatable bonds is 7. The predicted molar refractivity (Wildman–Crippen MR) is 90.2 cm³/mol. The minimum absolute atomic E-state index is 0.0888. The van der Waals surface area contributed by atoms with Crippen molar-refractivity contribution in [2.75, 3.05) is 6.54 Å². The summed E-state index contributed by atoms with van der Waals surface area (Å²) in [4.78, 5) is 23.8. The largest absolute Gasteiger partial charge is 0.481 e. The van der Waals surface area contributed by atoms with Crippen LogP contribution in [0.3, 0.4) is 0 Å². The van der Waals surface area contributed by atoms with E-state index < -0.39 is 11.9 Å². The number of carbonyl (C=O) groups excluding carboxylic acids is 1. The van der Waals surface area contributed by atoms with Crippen LogP contribution in [0, 0.1) is 11.8 Å². The number of aliphatic carboxylic acids is 1. The van der Waals surface area contributed by atoms with E-state index in [2.05, 4.69) is 24.4 Å². The fourth-order valence-electron chi connectivity index (χ4n) is 3.56. The number of carboxylic acid groups (broad SMARTS) is 1. The van der Waals surface area contributed by atoms with Gasteiger partial charge in [-0.1, -0.05) is 56.5 Å². The van der Waals surface area contributed by atoms with Gasteiger partial charge in [0.2, 0.25) is 5.91 Å². The second-order valence-electron chi connectivity index (χ2n) is 6.48. The van der Waals surface area contributed by atoms with Crippen LogP contribution in [0.25, 0.3) is 0 Å². The molecule has 0 aromatic heterocycles. The zero-order chi connectivity index (χ0) is 16.7. The SMILES string of the molecule is CCC[C@H](CNC(=O)[C@H]1CCCC[C@@H]1C(=O)O)c1ccccc1. The molecular formula is C19H27NO3. The maximum absolute atomic E-state index is 12.5. The molecule has 1 aromatic carbocycles. The lowest BCUT2D eigenvalue weighted by Crippen LogP contribution is -2.41. The molecule has 23 heavy (non-hydrogen) atoms. The van der Waals surface area contributed by atoms with Crippen LogP contribution in [0.4, 0.5) is 0 Å². The van der Waals surface area contributed by atoms with Gasteiger partial charge in [0.25, 0.3) is 0 Å². The van der Waals surface area contributed by atoms with E-state index >= 15 is 0 Å². The van der Waals surface area contributed by atoms with E-state index in [9.17, 15) is 14.7 Å². The van der Waals surface area contributed by atoms with Crippen molar-refractivity contribution < 1.29 is 14.7 Å². The van der Waals surface area contributed by atoms with Gasteiger partial charge in [-0.2, -0.15) is 0 Å². The van der Waals surface area contributed by atoms with Gasteiger partial charge in [0.05, 0.1) is 11.8 Å². The summed E-state index contributed by atoms with van der Waals surface area (Å²) >= 11 is 0. The molecule has 4 nitrogen and oxygen atoms in total. The molecule has 0 spiro atoms. The third kappa shape index (κ3) is 4.81. The maximum atomic E-state index is 12.5. The van der Waals surface area contributed by atoms with Crippen molar-refractivity contribution in [1.29, 1.82) is 0 Å². The van der Waals surface area contributed by atoms with Gasteiger partial charge in [-0.3, -0.25) is 9.59 Å². The smallest absolute Gasteiger partial charge is 0.307 e. The van der Waals surface area contributed by atoms with Crippen molar-refractivity contribution in [3.05, 3.63) is 35.9 Å². The number of amides is 1. The Hall–Kier alpha value is -1.84. The van der Waals surface area contributed by atoms with E-state index in [1.807, 2.05) is 18.2 Å². The molecule has 3 atom stereocenters. The molecular weight excluding hydrogens is 290 g/mol. The number of nitrogens with one attached hydrogen (secondary N) is 1. The average Bonchev–Trinajstić information content (AvgIpc) is 2.59. The van der Waals surface area contributed by atoms with Gasteiger partial charge in [-0.05, 0) is 24.8 Å². The first kappa shape index (κ1) is 17.5. The number of carboxylic acids is 1. The van der Waals surface area contributed by atoms with Crippen molar-refractivity contribution in [3.8, 4) is 0 Å². The monoisotopic (exact) mass is 317 g/mol. The van der Waals surface area contributed by atoms with Crippen LogP contribution in [0.5, 0.6) is 0 Å². The molecule has 0 bridgehead atoms. The van der Waals surface area contributed by atoms with E-state index in [0.29, 0.717) is 19.4 Å². The van der Waals surface area contributed by atoms with Crippen LogP contribution in [0.1, 0.15) is 56.9 Å². The van der Waals surface area contributed by atoms with Gasteiger partial charge >= 0.3 is 5.97 Å². The Morgan fingerprint density at radius 3 is 2.43 bits per heavy atom. The molecule has 4 heteroatoms. The standard InChI is InChI=1S/C19H27NO3/c1-2-8-15(14-9-4-3-5-10-14)13-20-18(21)16-11-6-7-12-17(16)19(22)23/h3-5,9-10,15-17H,2,6-8,11-13H2,1H3,(H,20,21)(H,22,23)/t15-,16+,17+/m1/s1. The first-order valence-electron chi connectivity index (χ1n) is 8.69. The van der Waals surface area contributed by atoms with Crippen LogP contribution in [-0.4, -0.2) is 23.5 Å². The van der Waals surface area contributed by atoms with Crippen molar-refractivity contribution in [1.82, 2.24) is 5.32 Å². The van der Waals surface area contributed by atoms with E-state index in [1.54, 1.807) is 0 Å². The highest BCUT2D eigenvalue weighted by Gasteiger charge is 2.35. The van der Waals surface area contributed by atoms with Crippen LogP contribution in [0.2, 0.25) is 0 Å². The zero-order valence-electron chi connectivity index (χ0n) is 13.8. The van der Waals surface area contributed by atoms with E-state index in [4.69, 9.17) is 0 Å². The highest BCUT2D eigenvalue weighted by Crippen LogP contribution is 2.30. The molecule has 1 aromatic rings. The fraction of sp³-hybridized carbons (Fsp3) is 0.579. The van der Waals surface area contributed by atoms with Crippen LogP contribution in [0.15, 0.2) is 30.3 Å². The predicted octanol–water partition coefficient (Wildman–Crippen LogP) is 3.58. The van der Waals surface area contributed by atoms with Gasteiger partial charge in [-0.25, -0.2) is 0 Å². The van der Waals surface area contributed by atoms with Gasteiger partial charge < -0.3 is 10.4 Å². The second kappa shape index (κ2) is 8.70. The summed E-state index contributed by atoms with van der Waals surface area (Å²) < 4.78 is 0. The Morgan fingerprint density at radius 2 is 1.83 bits per heavy atom. The van der Waals surface area contributed by atoms with Gasteiger partial charge in [0.15, 0.2) is 0 Å². The normalized spacial score (nSPS) is 22.3. The van der Waals surface area contributed by atoms with Crippen LogP contribution < -0.4 is 5.32 Å². The van der Waals surface area contributed by atoms with Gasteiger partial charge in [-0.15, -0.1) is 0 Å². The van der Waals surface area contributed by atoms with Crippen LogP contribution in [-0.2, 0) is 9.59 Å². The summed E-state index contributed by atoms with van der Waals surface area (Å²) in [6.45, 7) is 2.72. The Bertz CT molecular complexity index is 515. The highest BCUT2D eigenvalue weighted by atomic mass is 16.4. The topological polar surface area (TPSA) is 66.4 Å². The molecule has 0 heterocycles. The summed E-state index contributed by atoms with van der Waals surface area (Å²) in [5.74, 6) is -1.53. The lowest BCUT2D eigenvalue weighted by Gasteiger charge is -2.28. The van der Waals surface area contributed by atoms with Gasteiger partial charge in [0.1, 0.15) is 0 Å². The van der Waals surface area contributed by atoms with Crippen LogP contribution >= 0.6 is 0 Å². The van der Waals surface area contributed by atoms with E-state index in [1.165, 1.54) is 5.56 Å². The number of hydrogen-bond donors (Lipinski definition) is 2. The Morgan fingerprint density at radius 1 is 1.17 bits per heavy atom. The molecule has 1 aliphatic rings. The summed E-state index contributed by atoms with van der Waals surface area (Å²) in [6.07, 6.45) is 5.22. The number of hydrogen-bond acceptors (Lipinski definition) is 2. The second-order valence-corrected chi connectivity index (χ2v) is 6.48. The Labute approximate surface area is 138 Å².